The van der Waals surface area contributed by atoms with Crippen LogP contribution in [0.3, 0.4) is 0 Å². The number of rotatable bonds is 3. The van der Waals surface area contributed by atoms with Crippen molar-refractivity contribution in [2.24, 2.45) is 0 Å². The molecule has 1 unspecified atom stereocenters. The van der Waals surface area contributed by atoms with Crippen LogP contribution in [-0.4, -0.2) is 54.4 Å². The quantitative estimate of drug-likeness (QED) is 0.847. The second-order valence-electron chi connectivity index (χ2n) is 4.67. The number of methoxy groups -OCH3 is 1. The Hall–Kier alpha value is -1.40. The summed E-state index contributed by atoms with van der Waals surface area (Å²) in [4.78, 5) is 13.9. The largest absolute Gasteiger partial charge is 0.465 e. The summed E-state index contributed by atoms with van der Waals surface area (Å²) < 4.78 is 4.73. The Labute approximate surface area is 117 Å². The lowest BCUT2D eigenvalue weighted by Crippen LogP contribution is -2.40. The maximum Gasteiger partial charge on any atom is 0.341 e. The second-order valence-corrected chi connectivity index (χ2v) is 5.05. The van der Waals surface area contributed by atoms with Crippen LogP contribution in [0, 0.1) is 0 Å². The molecule has 1 aliphatic rings. The molecule has 2 rings (SSSR count). The monoisotopic (exact) mass is 284 g/mol. The Morgan fingerprint density at radius 2 is 2.37 bits per heavy atom. The number of likely N-dealkylation sites (tertiary alicyclic amines) is 1. The first-order valence-electron chi connectivity index (χ1n) is 6.16. The summed E-state index contributed by atoms with van der Waals surface area (Å²) in [5, 5.41) is 11.1. The highest BCUT2D eigenvalue weighted by Crippen LogP contribution is 2.19. The number of esters is 1. The number of halogens is 1. The summed E-state index contributed by atoms with van der Waals surface area (Å²) >= 11 is 5.77. The van der Waals surface area contributed by atoms with E-state index in [1.165, 1.54) is 13.2 Å². The minimum atomic E-state index is -0.469. The molecule has 1 aliphatic heterocycles. The molecule has 1 saturated heterocycles. The maximum absolute atomic E-state index is 11.7. The van der Waals surface area contributed by atoms with Gasteiger partial charge in [0.1, 0.15) is 5.56 Å². The van der Waals surface area contributed by atoms with Crippen LogP contribution in [0.5, 0.6) is 0 Å². The van der Waals surface area contributed by atoms with Gasteiger partial charge in [-0.25, -0.2) is 4.79 Å². The number of hydrogen-bond donors (Lipinski definition) is 1. The average Bonchev–Trinajstić information content (AvgIpc) is 2.40. The summed E-state index contributed by atoms with van der Waals surface area (Å²) in [5.41, 5.74) is 0.315. The van der Waals surface area contributed by atoms with Gasteiger partial charge in [0.05, 0.1) is 7.11 Å². The summed E-state index contributed by atoms with van der Waals surface area (Å²) in [5.74, 6) is -0.0417. The van der Waals surface area contributed by atoms with Crippen LogP contribution >= 0.6 is 11.6 Å². The predicted molar refractivity (Wildman–Crippen MR) is 72.5 cm³/mol. The Bertz CT molecular complexity index is 469. The molecular weight excluding hydrogens is 268 g/mol. The number of hydrogen-bond acceptors (Lipinski definition) is 6. The first kappa shape index (κ1) is 14.0. The van der Waals surface area contributed by atoms with Crippen molar-refractivity contribution in [2.45, 2.75) is 18.9 Å². The van der Waals surface area contributed by atoms with E-state index in [0.717, 1.165) is 25.9 Å². The molecule has 0 spiro atoms. The number of nitrogens with zero attached hydrogens (tertiary/aromatic N) is 3. The first-order chi connectivity index (χ1) is 9.10. The Kier molecular flexibility index (Phi) is 4.55. The van der Waals surface area contributed by atoms with Crippen molar-refractivity contribution < 1.29 is 9.53 Å². The Balaban J connectivity index is 2.17. The minimum absolute atomic E-state index is 0.173. The van der Waals surface area contributed by atoms with E-state index in [-0.39, 0.29) is 11.2 Å². The van der Waals surface area contributed by atoms with Crippen LogP contribution < -0.4 is 5.32 Å². The van der Waals surface area contributed by atoms with E-state index in [1.807, 2.05) is 0 Å². The second kappa shape index (κ2) is 6.16. The average molecular weight is 285 g/mol. The third-order valence-corrected chi connectivity index (χ3v) is 3.32. The van der Waals surface area contributed by atoms with Gasteiger partial charge in [-0.3, -0.25) is 0 Å². The lowest BCUT2D eigenvalue weighted by molar-refractivity contribution is 0.0601. The van der Waals surface area contributed by atoms with E-state index in [2.05, 4.69) is 27.5 Å². The van der Waals surface area contributed by atoms with Gasteiger partial charge in [-0.15, -0.1) is 10.2 Å². The van der Waals surface area contributed by atoms with Gasteiger partial charge in [0.25, 0.3) is 0 Å². The molecule has 0 radical (unpaired) electrons. The van der Waals surface area contributed by atoms with E-state index < -0.39 is 5.97 Å². The summed E-state index contributed by atoms with van der Waals surface area (Å²) in [6, 6.07) is 1.72. The van der Waals surface area contributed by atoms with Gasteiger partial charge in [0.15, 0.2) is 11.0 Å². The van der Waals surface area contributed by atoms with Crippen molar-refractivity contribution in [3.8, 4) is 0 Å². The van der Waals surface area contributed by atoms with Gasteiger partial charge in [-0.1, -0.05) is 11.6 Å². The van der Waals surface area contributed by atoms with Gasteiger partial charge < -0.3 is 15.0 Å². The number of piperidine rings is 1. The molecule has 2 heterocycles. The fraction of sp³-hybridized carbons (Fsp3) is 0.583. The molecule has 7 heteroatoms. The molecule has 0 saturated carbocycles. The number of ether oxygens (including phenoxy) is 1. The maximum atomic E-state index is 11.7. The minimum Gasteiger partial charge on any atom is -0.465 e. The normalized spacial score (nSPS) is 20.1. The highest BCUT2D eigenvalue weighted by molar-refractivity contribution is 6.29. The zero-order valence-electron chi connectivity index (χ0n) is 11.0. The molecule has 0 amide bonds. The molecule has 0 aliphatic carbocycles. The number of likely N-dealkylation sites (N-methyl/N-ethyl adjacent to an activating group) is 1. The summed E-state index contributed by atoms with van der Waals surface area (Å²) in [6.07, 6.45) is 2.15. The van der Waals surface area contributed by atoms with Gasteiger partial charge in [0, 0.05) is 12.6 Å². The lowest BCUT2D eigenvalue weighted by Gasteiger charge is -2.30. The zero-order chi connectivity index (χ0) is 13.8. The standard InChI is InChI=1S/C12H17ClN4O2/c1-17-5-3-4-8(7-17)14-11-9(12(18)19-2)6-10(13)15-16-11/h6,8H,3-5,7H2,1-2H3,(H,14,16). The van der Waals surface area contributed by atoms with Crippen molar-refractivity contribution in [3.05, 3.63) is 16.8 Å². The number of carbonyl (C=O) groups is 1. The molecule has 0 aromatic carbocycles. The van der Waals surface area contributed by atoms with E-state index in [0.29, 0.717) is 11.4 Å². The number of carbonyl (C=O) groups excluding carboxylic acids is 1. The fourth-order valence-corrected chi connectivity index (χ4v) is 2.36. The molecule has 104 valence electrons. The zero-order valence-corrected chi connectivity index (χ0v) is 11.8. The van der Waals surface area contributed by atoms with E-state index in [4.69, 9.17) is 16.3 Å². The first-order valence-corrected chi connectivity index (χ1v) is 6.54. The predicted octanol–water partition coefficient (Wildman–Crippen LogP) is 1.42. The van der Waals surface area contributed by atoms with Crippen LogP contribution in [0.2, 0.25) is 5.15 Å². The smallest absolute Gasteiger partial charge is 0.341 e. The number of nitrogens with one attached hydrogen (secondary N) is 1. The van der Waals surface area contributed by atoms with Crippen LogP contribution in [0.25, 0.3) is 0 Å². The highest BCUT2D eigenvalue weighted by atomic mass is 35.5. The van der Waals surface area contributed by atoms with Crippen molar-refractivity contribution in [1.82, 2.24) is 15.1 Å². The fourth-order valence-electron chi connectivity index (χ4n) is 2.22. The van der Waals surface area contributed by atoms with Gasteiger partial charge in [0.2, 0.25) is 0 Å². The molecule has 1 aromatic heterocycles. The van der Waals surface area contributed by atoms with E-state index in [1.54, 1.807) is 0 Å². The van der Waals surface area contributed by atoms with Gasteiger partial charge >= 0.3 is 5.97 Å². The molecule has 1 N–H and O–H groups in total. The third kappa shape index (κ3) is 3.54. The van der Waals surface area contributed by atoms with Crippen molar-refractivity contribution >= 4 is 23.4 Å². The Morgan fingerprint density at radius 1 is 1.58 bits per heavy atom. The molecule has 19 heavy (non-hydrogen) atoms. The van der Waals surface area contributed by atoms with Crippen LogP contribution in [0.15, 0.2) is 6.07 Å². The van der Waals surface area contributed by atoms with E-state index in [9.17, 15) is 4.79 Å². The topological polar surface area (TPSA) is 67.3 Å². The van der Waals surface area contributed by atoms with Crippen LogP contribution in [-0.2, 0) is 4.74 Å². The Morgan fingerprint density at radius 3 is 3.05 bits per heavy atom. The van der Waals surface area contributed by atoms with Gasteiger partial charge in [-0.05, 0) is 32.5 Å². The summed E-state index contributed by atoms with van der Waals surface area (Å²) in [7, 11) is 3.40. The molecular formula is C12H17ClN4O2. The van der Waals surface area contributed by atoms with Crippen molar-refractivity contribution in [1.29, 1.82) is 0 Å². The van der Waals surface area contributed by atoms with Crippen LogP contribution in [0.4, 0.5) is 5.82 Å². The molecule has 1 fully saturated rings. The van der Waals surface area contributed by atoms with Crippen molar-refractivity contribution in [3.63, 3.8) is 0 Å². The molecule has 6 nitrogen and oxygen atoms in total. The molecule has 1 atom stereocenters. The summed E-state index contributed by atoms with van der Waals surface area (Å²) in [6.45, 7) is 2.00. The van der Waals surface area contributed by atoms with Crippen molar-refractivity contribution in [2.75, 3.05) is 32.6 Å². The van der Waals surface area contributed by atoms with E-state index >= 15 is 0 Å². The van der Waals surface area contributed by atoms with Crippen LogP contribution in [0.1, 0.15) is 23.2 Å². The number of anilines is 1. The number of aromatic nitrogens is 2. The third-order valence-electron chi connectivity index (χ3n) is 3.13. The lowest BCUT2D eigenvalue weighted by atomic mass is 10.1. The molecule has 1 aromatic rings. The highest BCUT2D eigenvalue weighted by Gasteiger charge is 2.21. The van der Waals surface area contributed by atoms with Gasteiger partial charge in [-0.2, -0.15) is 0 Å². The SMILES string of the molecule is COC(=O)c1cc(Cl)nnc1NC1CCCN(C)C1. The molecule has 0 bridgehead atoms.